The van der Waals surface area contributed by atoms with Gasteiger partial charge in [0.05, 0.1) is 0 Å². The van der Waals surface area contributed by atoms with Crippen LogP contribution < -0.4 is 5.73 Å². The molecule has 1 aromatic carbocycles. The Kier molecular flexibility index (Phi) is 6.62. The van der Waals surface area contributed by atoms with Crippen LogP contribution in [0.5, 0.6) is 0 Å². The second kappa shape index (κ2) is 7.76. The third-order valence-electron chi connectivity index (χ3n) is 4.23. The Morgan fingerprint density at radius 2 is 2.05 bits per heavy atom. The number of nitrogens with zero attached hydrogens (tertiary/aromatic N) is 1. The summed E-state index contributed by atoms with van der Waals surface area (Å²) in [6.07, 6.45) is 1.46. The molecule has 0 radical (unpaired) electrons. The molecule has 118 valence electrons. The van der Waals surface area contributed by atoms with Crippen LogP contribution in [0, 0.1) is 11.7 Å². The van der Waals surface area contributed by atoms with Crippen molar-refractivity contribution in [2.45, 2.75) is 38.6 Å². The molecule has 3 atom stereocenters. The Balaban J connectivity index is 0.00000220. The van der Waals surface area contributed by atoms with Crippen LogP contribution >= 0.6 is 12.4 Å². The average molecular weight is 315 g/mol. The van der Waals surface area contributed by atoms with Gasteiger partial charge in [0.25, 0.3) is 0 Å². The number of carbonyl (C=O) groups excluding carboxylic acids is 1. The highest BCUT2D eigenvalue weighted by Gasteiger charge is 2.31. The van der Waals surface area contributed by atoms with E-state index in [-0.39, 0.29) is 36.1 Å². The Morgan fingerprint density at radius 1 is 1.43 bits per heavy atom. The van der Waals surface area contributed by atoms with Crippen molar-refractivity contribution in [3.8, 4) is 0 Å². The molecule has 0 spiro atoms. The molecule has 2 N–H and O–H groups in total. The normalized spacial score (nSPS) is 22.8. The zero-order valence-electron chi connectivity index (χ0n) is 12.6. The maximum Gasteiger partial charge on any atom is 0.223 e. The van der Waals surface area contributed by atoms with Crippen LogP contribution in [-0.4, -0.2) is 29.9 Å². The van der Waals surface area contributed by atoms with Crippen molar-refractivity contribution in [2.75, 3.05) is 13.1 Å². The minimum atomic E-state index is -0.244. The van der Waals surface area contributed by atoms with Crippen LogP contribution in [-0.2, 0) is 4.79 Å². The average Bonchev–Trinajstić information content (AvgIpc) is 2.80. The van der Waals surface area contributed by atoms with Crippen LogP contribution in [0.3, 0.4) is 0 Å². The van der Waals surface area contributed by atoms with Crippen LogP contribution in [0.2, 0.25) is 0 Å². The third-order valence-corrected chi connectivity index (χ3v) is 4.23. The fourth-order valence-corrected chi connectivity index (χ4v) is 2.95. The number of amides is 1. The van der Waals surface area contributed by atoms with Crippen LogP contribution in [0.15, 0.2) is 24.3 Å². The standard InChI is InChI=1S/C16H23FN2O.ClH/c1-11(14-3-5-15(17)6-4-14)7-16(20)19-10-13(9-18)8-12(19)2;/h3-6,11-13H,7-10,18H2,1-2H3;1H. The molecule has 1 heterocycles. The predicted molar refractivity (Wildman–Crippen MR) is 85.0 cm³/mol. The number of carbonyl (C=O) groups is 1. The van der Waals surface area contributed by atoms with Gasteiger partial charge in [-0.05, 0) is 49.4 Å². The van der Waals surface area contributed by atoms with Crippen molar-refractivity contribution in [2.24, 2.45) is 11.7 Å². The quantitative estimate of drug-likeness (QED) is 0.928. The molecule has 5 heteroatoms. The third kappa shape index (κ3) is 4.42. The van der Waals surface area contributed by atoms with Crippen LogP contribution in [0.4, 0.5) is 4.39 Å². The molecule has 0 aromatic heterocycles. The van der Waals surface area contributed by atoms with Crippen molar-refractivity contribution < 1.29 is 9.18 Å². The summed E-state index contributed by atoms with van der Waals surface area (Å²) in [4.78, 5) is 14.3. The number of halogens is 2. The lowest BCUT2D eigenvalue weighted by Crippen LogP contribution is -2.35. The lowest BCUT2D eigenvalue weighted by atomic mass is 9.97. The molecule has 0 aliphatic carbocycles. The van der Waals surface area contributed by atoms with Crippen molar-refractivity contribution in [1.29, 1.82) is 0 Å². The van der Waals surface area contributed by atoms with E-state index in [1.165, 1.54) is 12.1 Å². The van der Waals surface area contributed by atoms with Crippen molar-refractivity contribution in [3.63, 3.8) is 0 Å². The smallest absolute Gasteiger partial charge is 0.223 e. The van der Waals surface area contributed by atoms with Gasteiger partial charge < -0.3 is 10.6 Å². The van der Waals surface area contributed by atoms with Crippen LogP contribution in [0.1, 0.15) is 38.2 Å². The van der Waals surface area contributed by atoms with Gasteiger partial charge in [0, 0.05) is 19.0 Å². The highest BCUT2D eigenvalue weighted by molar-refractivity contribution is 5.85. The van der Waals surface area contributed by atoms with Crippen molar-refractivity contribution >= 4 is 18.3 Å². The van der Waals surface area contributed by atoms with Crippen molar-refractivity contribution in [3.05, 3.63) is 35.6 Å². The summed E-state index contributed by atoms with van der Waals surface area (Å²) in [7, 11) is 0. The highest BCUT2D eigenvalue weighted by atomic mass is 35.5. The van der Waals surface area contributed by atoms with Gasteiger partial charge in [-0.3, -0.25) is 4.79 Å². The molecule has 3 unspecified atom stereocenters. The molecule has 21 heavy (non-hydrogen) atoms. The van der Waals surface area contributed by atoms with Gasteiger partial charge in [0.15, 0.2) is 0 Å². The molecule has 1 aromatic rings. The topological polar surface area (TPSA) is 46.3 Å². The fraction of sp³-hybridized carbons (Fsp3) is 0.562. The maximum absolute atomic E-state index is 12.9. The number of hydrogen-bond acceptors (Lipinski definition) is 2. The zero-order chi connectivity index (χ0) is 14.7. The molecule has 0 saturated carbocycles. The van der Waals surface area contributed by atoms with Gasteiger partial charge in [-0.2, -0.15) is 0 Å². The molecule has 0 bridgehead atoms. The number of rotatable bonds is 4. The van der Waals surface area contributed by atoms with Gasteiger partial charge in [0.2, 0.25) is 5.91 Å². The van der Waals surface area contributed by atoms with Gasteiger partial charge in [-0.15, -0.1) is 12.4 Å². The molecule has 1 aliphatic heterocycles. The lowest BCUT2D eigenvalue weighted by Gasteiger charge is -2.23. The van der Waals surface area contributed by atoms with E-state index in [4.69, 9.17) is 5.73 Å². The van der Waals surface area contributed by atoms with Gasteiger partial charge in [0.1, 0.15) is 5.82 Å². The highest BCUT2D eigenvalue weighted by Crippen LogP contribution is 2.26. The molecular formula is C16H24ClFN2O. The second-order valence-electron chi connectivity index (χ2n) is 5.89. The molecule has 1 aliphatic rings. The van der Waals surface area contributed by atoms with Gasteiger partial charge >= 0.3 is 0 Å². The van der Waals surface area contributed by atoms with Crippen LogP contribution in [0.25, 0.3) is 0 Å². The van der Waals surface area contributed by atoms with E-state index in [0.29, 0.717) is 18.9 Å². The SMILES string of the molecule is CC(CC(=O)N1CC(CN)CC1C)c1ccc(F)cc1.Cl. The Morgan fingerprint density at radius 3 is 2.57 bits per heavy atom. The van der Waals surface area contributed by atoms with Gasteiger partial charge in [-0.1, -0.05) is 19.1 Å². The monoisotopic (exact) mass is 314 g/mol. The summed E-state index contributed by atoms with van der Waals surface area (Å²) < 4.78 is 12.9. The summed E-state index contributed by atoms with van der Waals surface area (Å²) in [5, 5.41) is 0. The van der Waals surface area contributed by atoms with E-state index in [1.807, 2.05) is 11.8 Å². The van der Waals surface area contributed by atoms with E-state index in [2.05, 4.69) is 6.92 Å². The first-order valence-electron chi connectivity index (χ1n) is 7.26. The Hall–Kier alpha value is -1.13. The van der Waals surface area contributed by atoms with E-state index < -0.39 is 0 Å². The first-order chi connectivity index (χ1) is 9.51. The molecule has 2 rings (SSSR count). The molecular weight excluding hydrogens is 291 g/mol. The zero-order valence-corrected chi connectivity index (χ0v) is 13.4. The molecule has 1 fully saturated rings. The number of benzene rings is 1. The van der Waals surface area contributed by atoms with E-state index in [0.717, 1.165) is 18.5 Å². The number of likely N-dealkylation sites (tertiary alicyclic amines) is 1. The summed E-state index contributed by atoms with van der Waals surface area (Å²) in [5.74, 6) is 0.457. The van der Waals surface area contributed by atoms with Crippen molar-refractivity contribution in [1.82, 2.24) is 4.90 Å². The number of nitrogens with two attached hydrogens (primary N) is 1. The summed E-state index contributed by atoms with van der Waals surface area (Å²) >= 11 is 0. The molecule has 1 saturated heterocycles. The Bertz CT molecular complexity index is 466. The fourth-order valence-electron chi connectivity index (χ4n) is 2.95. The predicted octanol–water partition coefficient (Wildman–Crippen LogP) is 2.94. The van der Waals surface area contributed by atoms with E-state index in [9.17, 15) is 9.18 Å². The summed E-state index contributed by atoms with van der Waals surface area (Å²) in [5.41, 5.74) is 6.69. The first kappa shape index (κ1) is 17.9. The van der Waals surface area contributed by atoms with Gasteiger partial charge in [-0.25, -0.2) is 4.39 Å². The number of hydrogen-bond donors (Lipinski definition) is 1. The summed E-state index contributed by atoms with van der Waals surface area (Å²) in [6.45, 7) is 5.50. The minimum Gasteiger partial charge on any atom is -0.340 e. The largest absolute Gasteiger partial charge is 0.340 e. The summed E-state index contributed by atoms with van der Waals surface area (Å²) in [6, 6.07) is 6.67. The Labute approximate surface area is 132 Å². The second-order valence-corrected chi connectivity index (χ2v) is 5.89. The lowest BCUT2D eigenvalue weighted by molar-refractivity contribution is -0.132. The molecule has 1 amide bonds. The minimum absolute atomic E-state index is 0. The van der Waals surface area contributed by atoms with E-state index in [1.54, 1.807) is 12.1 Å². The maximum atomic E-state index is 12.9. The van der Waals surface area contributed by atoms with E-state index >= 15 is 0 Å². The molecule has 3 nitrogen and oxygen atoms in total. The first-order valence-corrected chi connectivity index (χ1v) is 7.26.